The summed E-state index contributed by atoms with van der Waals surface area (Å²) in [5, 5.41) is 17.9. The second kappa shape index (κ2) is 16.0. The van der Waals surface area contributed by atoms with Crippen LogP contribution in [0.2, 0.25) is 0 Å². The number of hydrogen-bond donors (Lipinski definition) is 5. The van der Waals surface area contributed by atoms with Crippen LogP contribution < -0.4 is 31.6 Å². The number of Topliss-reactive ketones (excluding diaryl/α,β-unsaturated/α-hetero) is 2. The van der Waals surface area contributed by atoms with E-state index in [-0.39, 0.29) is 68.0 Å². The van der Waals surface area contributed by atoms with Crippen LogP contribution in [0, 0.1) is 5.92 Å². The number of piperidine rings is 2. The Morgan fingerprint density at radius 1 is 1.15 bits per heavy atom. The van der Waals surface area contributed by atoms with Gasteiger partial charge in [-0.15, -0.1) is 0 Å². The van der Waals surface area contributed by atoms with Crippen LogP contribution in [0.1, 0.15) is 75.8 Å². The Morgan fingerprint density at radius 3 is 2.69 bits per heavy atom. The molecule has 0 radical (unpaired) electrons. The summed E-state index contributed by atoms with van der Waals surface area (Å²) in [4.78, 5) is 71.4. The Hall–Kier alpha value is -4.70. The number of amides is 3. The van der Waals surface area contributed by atoms with Gasteiger partial charge in [0, 0.05) is 50.0 Å². The number of nitrogens with one attached hydrogen (secondary N) is 2. The third-order valence-corrected chi connectivity index (χ3v) is 11.9. The number of likely N-dealkylation sites (tertiary alicyclic amines) is 2. The van der Waals surface area contributed by atoms with Crippen molar-refractivity contribution in [2.24, 2.45) is 22.4 Å². The Labute approximate surface area is 315 Å². The molecule has 16 heteroatoms. The molecule has 2 fully saturated rings. The fraction of sp³-hybridized carbons (Fsp3) is 0.632. The summed E-state index contributed by atoms with van der Waals surface area (Å²) < 4.78 is 18.6. The number of nitrogens with two attached hydrogens (primary N) is 2. The van der Waals surface area contributed by atoms with E-state index in [9.17, 15) is 29.1 Å². The number of ketones is 2. The van der Waals surface area contributed by atoms with Gasteiger partial charge in [0.05, 0.1) is 37.1 Å². The number of methoxy groups -OCH3 is 1. The van der Waals surface area contributed by atoms with E-state index in [1.165, 1.54) is 6.92 Å². The molecule has 1 aromatic carbocycles. The predicted molar refractivity (Wildman–Crippen MR) is 197 cm³/mol. The number of aliphatic imine (C=N–C) groups is 1. The number of carbonyl (C=O) groups excluding carboxylic acids is 5. The van der Waals surface area contributed by atoms with Gasteiger partial charge in [0.2, 0.25) is 11.8 Å². The highest BCUT2D eigenvalue weighted by Crippen LogP contribution is 2.65. The zero-order chi connectivity index (χ0) is 38.8. The molecule has 0 unspecified atom stereocenters. The van der Waals surface area contributed by atoms with Crippen LogP contribution in [-0.4, -0.2) is 121 Å². The van der Waals surface area contributed by atoms with Gasteiger partial charge >= 0.3 is 6.09 Å². The minimum Gasteiger partial charge on any atom is -0.493 e. The number of nitrogens with zero attached hydrogens (tertiary/aromatic N) is 3. The summed E-state index contributed by atoms with van der Waals surface area (Å²) in [5.41, 5.74) is 11.0. The molecule has 54 heavy (non-hydrogen) atoms. The van der Waals surface area contributed by atoms with Gasteiger partial charge < -0.3 is 51.2 Å². The van der Waals surface area contributed by atoms with Gasteiger partial charge in [-0.25, -0.2) is 4.79 Å². The monoisotopic (exact) mass is 751 g/mol. The van der Waals surface area contributed by atoms with E-state index in [2.05, 4.69) is 20.5 Å². The third kappa shape index (κ3) is 7.37. The number of ether oxygens (including phenoxy) is 3. The molecule has 5 aliphatic rings. The molecule has 0 aromatic heterocycles. The summed E-state index contributed by atoms with van der Waals surface area (Å²) in [6, 6.07) is 3.44. The number of benzene rings is 1. The molecule has 16 nitrogen and oxygen atoms in total. The van der Waals surface area contributed by atoms with Gasteiger partial charge in [0.1, 0.15) is 11.5 Å². The molecule has 6 rings (SSSR count). The number of guanidine groups is 1. The average Bonchev–Trinajstić information content (AvgIpc) is 3.49. The number of likely N-dealkylation sites (N-methyl/N-ethyl adjacent to an activating group) is 1. The quantitative estimate of drug-likeness (QED) is 0.0726. The largest absolute Gasteiger partial charge is 0.493 e. The lowest BCUT2D eigenvalue weighted by atomic mass is 9.50. The highest BCUT2D eigenvalue weighted by Gasteiger charge is 2.72. The first kappa shape index (κ1) is 39.0. The van der Waals surface area contributed by atoms with Crippen molar-refractivity contribution < 1.29 is 43.3 Å². The highest BCUT2D eigenvalue weighted by atomic mass is 16.6. The van der Waals surface area contributed by atoms with Crippen LogP contribution in [0.25, 0.3) is 0 Å². The van der Waals surface area contributed by atoms with E-state index in [0.717, 1.165) is 30.5 Å². The van der Waals surface area contributed by atoms with Crippen molar-refractivity contribution in [2.45, 2.75) is 100 Å². The van der Waals surface area contributed by atoms with E-state index in [4.69, 9.17) is 25.7 Å². The van der Waals surface area contributed by atoms with Crippen LogP contribution in [0.15, 0.2) is 29.0 Å². The van der Waals surface area contributed by atoms with Gasteiger partial charge in [-0.05, 0) is 83.2 Å². The van der Waals surface area contributed by atoms with Crippen molar-refractivity contribution >= 4 is 35.4 Å². The molecule has 3 amide bonds. The lowest BCUT2D eigenvalue weighted by Crippen LogP contribution is -2.74. The molecule has 1 spiro atoms. The summed E-state index contributed by atoms with van der Waals surface area (Å²) in [5.74, 6) is -0.897. The highest BCUT2D eigenvalue weighted by molar-refractivity contribution is 5.98. The van der Waals surface area contributed by atoms with Gasteiger partial charge in [0.15, 0.2) is 29.3 Å². The van der Waals surface area contributed by atoms with E-state index < -0.39 is 35.0 Å². The maximum atomic E-state index is 14.0. The van der Waals surface area contributed by atoms with Gasteiger partial charge in [-0.2, -0.15) is 0 Å². The van der Waals surface area contributed by atoms with E-state index in [0.29, 0.717) is 62.3 Å². The zero-order valence-electron chi connectivity index (χ0n) is 31.4. The Morgan fingerprint density at radius 2 is 1.94 bits per heavy atom. The second-order valence-corrected chi connectivity index (χ2v) is 15.3. The Bertz CT molecular complexity index is 1730. The topological polar surface area (TPSA) is 228 Å². The van der Waals surface area contributed by atoms with Crippen LogP contribution in [-0.2, 0) is 35.8 Å². The summed E-state index contributed by atoms with van der Waals surface area (Å²) in [7, 11) is 3.62. The summed E-state index contributed by atoms with van der Waals surface area (Å²) >= 11 is 0. The minimum absolute atomic E-state index is 0.0772. The van der Waals surface area contributed by atoms with Crippen LogP contribution in [0.3, 0.4) is 0 Å². The first-order chi connectivity index (χ1) is 25.8. The molecule has 2 aliphatic carbocycles. The SMILES string of the molecule is COc1ccc2c3c1O[C@H]1C(OC(=O)N4CCCC[C@@H]4CNC(=O)[C@H](CCCN=C(N)N)CC(=O)CNC(=O)CC(C)=O)=CC[C@@]4(O)[C@@H](C2)N(C)CC[C@]314. The molecule has 6 atom stereocenters. The van der Waals surface area contributed by atoms with Crippen molar-refractivity contribution in [2.75, 3.05) is 46.9 Å². The normalized spacial score (nSPS) is 27.0. The average molecular weight is 752 g/mol. The zero-order valence-corrected chi connectivity index (χ0v) is 31.4. The maximum Gasteiger partial charge on any atom is 0.415 e. The predicted octanol–water partition coefficient (Wildman–Crippen LogP) is 0.805. The van der Waals surface area contributed by atoms with Gasteiger partial charge in [0.25, 0.3) is 0 Å². The summed E-state index contributed by atoms with van der Waals surface area (Å²) in [6.45, 7) is 2.57. The lowest BCUT2D eigenvalue weighted by Gasteiger charge is -2.61. The molecular weight excluding hydrogens is 698 g/mol. The van der Waals surface area contributed by atoms with Crippen molar-refractivity contribution in [3.63, 3.8) is 0 Å². The third-order valence-electron chi connectivity index (χ3n) is 11.9. The van der Waals surface area contributed by atoms with Crippen molar-refractivity contribution in [1.29, 1.82) is 0 Å². The van der Waals surface area contributed by atoms with Crippen molar-refractivity contribution in [3.05, 3.63) is 35.1 Å². The standard InChI is InChI=1S/C38H53N7O9/c1-22(46)17-30(48)42-21-26(47)18-24(7-6-14-41-35(39)40)34(49)43-20-25-8-4-5-15-45(25)36(50)53-28-11-12-38(51)29-19-23-9-10-27(52-3)32-31(23)37(38,33(28)54-32)13-16-44(29)2/h9-11,24-25,29,33,51H,4-8,12-21H2,1-3H3,(H,42,48)(H,43,49)(H4,39,40,41)/t24-,25-,29-,33+,37+,38-/m1/s1. The van der Waals surface area contributed by atoms with E-state index in [1.54, 1.807) is 18.1 Å². The number of rotatable bonds is 15. The van der Waals surface area contributed by atoms with Crippen LogP contribution >= 0.6 is 0 Å². The van der Waals surface area contributed by atoms with Gasteiger partial charge in [-0.1, -0.05) is 6.07 Å². The molecule has 294 valence electrons. The minimum atomic E-state index is -1.13. The summed E-state index contributed by atoms with van der Waals surface area (Å²) in [6.07, 6.45) is 4.61. The fourth-order valence-electron chi connectivity index (χ4n) is 9.27. The van der Waals surface area contributed by atoms with E-state index in [1.807, 2.05) is 19.2 Å². The molecule has 0 saturated carbocycles. The number of carbonyl (C=O) groups is 5. The maximum absolute atomic E-state index is 14.0. The molecular formula is C38H53N7O9. The van der Waals surface area contributed by atoms with Crippen molar-refractivity contribution in [1.82, 2.24) is 20.4 Å². The molecule has 2 saturated heterocycles. The number of hydrogen-bond acceptors (Lipinski definition) is 11. The molecule has 3 heterocycles. The molecule has 3 aliphatic heterocycles. The fourth-order valence-corrected chi connectivity index (χ4v) is 9.27. The first-order valence-corrected chi connectivity index (χ1v) is 18.9. The lowest BCUT2D eigenvalue weighted by molar-refractivity contribution is -0.163. The van der Waals surface area contributed by atoms with Gasteiger partial charge in [-0.3, -0.25) is 24.2 Å². The Kier molecular flexibility index (Phi) is 11.5. The van der Waals surface area contributed by atoms with Crippen molar-refractivity contribution in [3.8, 4) is 11.5 Å². The molecule has 7 N–H and O–H groups in total. The second-order valence-electron chi connectivity index (χ2n) is 15.3. The van der Waals surface area contributed by atoms with Crippen LogP contribution in [0.5, 0.6) is 11.5 Å². The number of aliphatic hydroxyl groups is 1. The molecule has 1 aromatic rings. The van der Waals surface area contributed by atoms with E-state index >= 15 is 0 Å². The Balaban J connectivity index is 1.14. The smallest absolute Gasteiger partial charge is 0.415 e. The molecule has 2 bridgehead atoms. The van der Waals surface area contributed by atoms with Crippen LogP contribution in [0.4, 0.5) is 4.79 Å². The first-order valence-electron chi connectivity index (χ1n) is 18.9.